The van der Waals surface area contributed by atoms with Gasteiger partial charge in [0.25, 0.3) is 0 Å². The Morgan fingerprint density at radius 2 is 2.12 bits per heavy atom. The van der Waals surface area contributed by atoms with Gasteiger partial charge in [-0.1, -0.05) is 19.9 Å². The van der Waals surface area contributed by atoms with E-state index in [2.05, 4.69) is 24.5 Å². The molecular formula is C13H19FN2O. The molecule has 0 unspecified atom stereocenters. The zero-order chi connectivity index (χ0) is 12.8. The van der Waals surface area contributed by atoms with Gasteiger partial charge in [-0.3, -0.25) is 0 Å². The minimum Gasteiger partial charge on any atom is -0.338 e. The van der Waals surface area contributed by atoms with Crippen molar-refractivity contribution in [3.63, 3.8) is 0 Å². The van der Waals surface area contributed by atoms with Gasteiger partial charge in [0, 0.05) is 12.2 Å². The van der Waals surface area contributed by atoms with E-state index in [4.69, 9.17) is 0 Å². The molecule has 0 radical (unpaired) electrons. The molecule has 1 rings (SSSR count). The van der Waals surface area contributed by atoms with Crippen LogP contribution >= 0.6 is 0 Å². The maximum absolute atomic E-state index is 13.2. The van der Waals surface area contributed by atoms with Gasteiger partial charge in [-0.25, -0.2) is 9.18 Å². The first-order valence-corrected chi connectivity index (χ1v) is 5.80. The predicted octanol–water partition coefficient (Wildman–Crippen LogP) is 3.30. The molecule has 17 heavy (non-hydrogen) atoms. The molecule has 1 aromatic carbocycles. The lowest BCUT2D eigenvalue weighted by atomic mass is 10.1. The van der Waals surface area contributed by atoms with Crippen molar-refractivity contribution in [2.75, 3.05) is 11.9 Å². The molecular weight excluding hydrogens is 219 g/mol. The van der Waals surface area contributed by atoms with E-state index in [1.165, 1.54) is 6.07 Å². The van der Waals surface area contributed by atoms with Crippen molar-refractivity contribution in [2.45, 2.75) is 27.2 Å². The highest BCUT2D eigenvalue weighted by molar-refractivity contribution is 5.89. The van der Waals surface area contributed by atoms with Crippen LogP contribution in [0.4, 0.5) is 14.9 Å². The summed E-state index contributed by atoms with van der Waals surface area (Å²) in [6, 6.07) is 4.34. The van der Waals surface area contributed by atoms with Gasteiger partial charge in [0.05, 0.1) is 0 Å². The van der Waals surface area contributed by atoms with Gasteiger partial charge >= 0.3 is 6.03 Å². The number of aryl methyl sites for hydroxylation is 1. The minimum atomic E-state index is -0.315. The zero-order valence-corrected chi connectivity index (χ0v) is 10.5. The first-order valence-electron chi connectivity index (χ1n) is 5.80. The van der Waals surface area contributed by atoms with Gasteiger partial charge in [-0.05, 0) is 37.0 Å². The van der Waals surface area contributed by atoms with Crippen LogP contribution in [-0.2, 0) is 0 Å². The summed E-state index contributed by atoms with van der Waals surface area (Å²) in [6.45, 7) is 6.49. The maximum Gasteiger partial charge on any atom is 0.319 e. The van der Waals surface area contributed by atoms with Crippen molar-refractivity contribution in [1.82, 2.24) is 5.32 Å². The number of rotatable bonds is 4. The van der Waals surface area contributed by atoms with Gasteiger partial charge in [0.15, 0.2) is 0 Å². The SMILES string of the molecule is Cc1ccc(NC(=O)NCCC(C)C)cc1F. The minimum absolute atomic E-state index is 0.297. The molecule has 0 aliphatic rings. The second kappa shape index (κ2) is 6.23. The van der Waals surface area contributed by atoms with Gasteiger partial charge in [-0.2, -0.15) is 0 Å². The lowest BCUT2D eigenvalue weighted by molar-refractivity contribution is 0.251. The van der Waals surface area contributed by atoms with Crippen molar-refractivity contribution in [3.05, 3.63) is 29.6 Å². The standard InChI is InChI=1S/C13H19FN2O/c1-9(2)6-7-15-13(17)16-11-5-4-10(3)12(14)8-11/h4-5,8-9H,6-7H2,1-3H3,(H2,15,16,17). The van der Waals surface area contributed by atoms with Crippen LogP contribution in [0.1, 0.15) is 25.8 Å². The van der Waals surface area contributed by atoms with Crippen molar-refractivity contribution >= 4 is 11.7 Å². The number of halogens is 1. The highest BCUT2D eigenvalue weighted by atomic mass is 19.1. The van der Waals surface area contributed by atoms with E-state index in [9.17, 15) is 9.18 Å². The summed E-state index contributed by atoms with van der Waals surface area (Å²) < 4.78 is 13.2. The van der Waals surface area contributed by atoms with Crippen LogP contribution < -0.4 is 10.6 Å². The Balaban J connectivity index is 2.42. The van der Waals surface area contributed by atoms with Crippen molar-refractivity contribution in [1.29, 1.82) is 0 Å². The normalized spacial score (nSPS) is 10.4. The molecule has 2 amide bonds. The van der Waals surface area contributed by atoms with Gasteiger partial charge in [-0.15, -0.1) is 0 Å². The molecule has 0 aromatic heterocycles. The summed E-state index contributed by atoms with van der Waals surface area (Å²) >= 11 is 0. The number of hydrogen-bond acceptors (Lipinski definition) is 1. The number of carbonyl (C=O) groups is 1. The molecule has 3 nitrogen and oxygen atoms in total. The molecule has 94 valence electrons. The molecule has 0 heterocycles. The Morgan fingerprint density at radius 3 is 2.71 bits per heavy atom. The summed E-state index contributed by atoms with van der Waals surface area (Å²) in [4.78, 5) is 11.4. The van der Waals surface area contributed by atoms with Crippen molar-refractivity contribution < 1.29 is 9.18 Å². The Morgan fingerprint density at radius 1 is 1.41 bits per heavy atom. The molecule has 0 aliphatic heterocycles. The molecule has 1 aromatic rings. The number of hydrogen-bond donors (Lipinski definition) is 2. The molecule has 2 N–H and O–H groups in total. The second-order valence-electron chi connectivity index (χ2n) is 4.53. The first kappa shape index (κ1) is 13.5. The Labute approximate surface area is 101 Å². The van der Waals surface area contributed by atoms with Crippen LogP contribution in [0.5, 0.6) is 0 Å². The number of benzene rings is 1. The van der Waals surface area contributed by atoms with E-state index >= 15 is 0 Å². The highest BCUT2D eigenvalue weighted by Crippen LogP contribution is 2.13. The number of urea groups is 1. The number of carbonyl (C=O) groups excluding carboxylic acids is 1. The third kappa shape index (κ3) is 4.85. The molecule has 0 atom stereocenters. The first-order chi connectivity index (χ1) is 7.99. The largest absolute Gasteiger partial charge is 0.338 e. The highest BCUT2D eigenvalue weighted by Gasteiger charge is 2.04. The summed E-state index contributed by atoms with van der Waals surface area (Å²) in [5.74, 6) is 0.233. The third-order valence-corrected chi connectivity index (χ3v) is 2.44. The topological polar surface area (TPSA) is 41.1 Å². The number of anilines is 1. The fourth-order valence-electron chi connectivity index (χ4n) is 1.32. The second-order valence-corrected chi connectivity index (χ2v) is 4.53. The van der Waals surface area contributed by atoms with E-state index in [1.54, 1.807) is 19.1 Å². The zero-order valence-electron chi connectivity index (χ0n) is 10.5. The Kier molecular flexibility index (Phi) is 4.94. The van der Waals surface area contributed by atoms with Crippen LogP contribution in [0.15, 0.2) is 18.2 Å². The predicted molar refractivity (Wildman–Crippen MR) is 67.6 cm³/mol. The van der Waals surface area contributed by atoms with Crippen LogP contribution in [0.25, 0.3) is 0 Å². The van der Waals surface area contributed by atoms with Crippen molar-refractivity contribution in [2.24, 2.45) is 5.92 Å². The van der Waals surface area contributed by atoms with Gasteiger partial charge in [0.2, 0.25) is 0 Å². The fourth-order valence-corrected chi connectivity index (χ4v) is 1.32. The van der Waals surface area contributed by atoms with Crippen LogP contribution in [0, 0.1) is 18.7 Å². The molecule has 0 spiro atoms. The Hall–Kier alpha value is -1.58. The average molecular weight is 238 g/mol. The average Bonchev–Trinajstić information content (AvgIpc) is 2.23. The summed E-state index contributed by atoms with van der Waals surface area (Å²) in [6.07, 6.45) is 0.926. The summed E-state index contributed by atoms with van der Waals surface area (Å²) in [5.41, 5.74) is 1.03. The van der Waals surface area contributed by atoms with Gasteiger partial charge < -0.3 is 10.6 Å². The van der Waals surface area contributed by atoms with Gasteiger partial charge in [0.1, 0.15) is 5.82 Å². The van der Waals surface area contributed by atoms with E-state index in [0.29, 0.717) is 23.7 Å². The van der Waals surface area contributed by atoms with Crippen molar-refractivity contribution in [3.8, 4) is 0 Å². The number of nitrogens with one attached hydrogen (secondary N) is 2. The van der Waals surface area contributed by atoms with E-state index < -0.39 is 0 Å². The molecule has 0 saturated heterocycles. The van der Waals surface area contributed by atoms with Crippen LogP contribution in [0.2, 0.25) is 0 Å². The lowest BCUT2D eigenvalue weighted by Gasteiger charge is -2.09. The van der Waals surface area contributed by atoms with E-state index in [-0.39, 0.29) is 11.8 Å². The number of amides is 2. The summed E-state index contributed by atoms with van der Waals surface area (Å²) in [5, 5.41) is 5.32. The lowest BCUT2D eigenvalue weighted by Crippen LogP contribution is -2.30. The Bertz CT molecular complexity index is 391. The molecule has 0 bridgehead atoms. The molecule has 0 fully saturated rings. The van der Waals surface area contributed by atoms with Crippen LogP contribution in [0.3, 0.4) is 0 Å². The fraction of sp³-hybridized carbons (Fsp3) is 0.462. The third-order valence-electron chi connectivity index (χ3n) is 2.44. The molecule has 0 saturated carbocycles. The monoisotopic (exact) mass is 238 g/mol. The van der Waals surface area contributed by atoms with E-state index in [0.717, 1.165) is 6.42 Å². The van der Waals surface area contributed by atoms with Crippen LogP contribution in [-0.4, -0.2) is 12.6 Å². The maximum atomic E-state index is 13.2. The van der Waals surface area contributed by atoms with E-state index in [1.807, 2.05) is 0 Å². The molecule has 4 heteroatoms. The smallest absolute Gasteiger partial charge is 0.319 e. The molecule has 0 aliphatic carbocycles. The summed E-state index contributed by atoms with van der Waals surface area (Å²) in [7, 11) is 0. The quantitative estimate of drug-likeness (QED) is 0.830.